The number of nitrogens with two attached hydrogens (primary N) is 2. The van der Waals surface area contributed by atoms with Crippen LogP contribution in [0.3, 0.4) is 0 Å². The van der Waals surface area contributed by atoms with E-state index in [0.717, 1.165) is 12.8 Å². The van der Waals surface area contributed by atoms with Crippen LogP contribution in [-0.4, -0.2) is 18.4 Å². The monoisotopic (exact) mass is 233 g/mol. The van der Waals surface area contributed by atoms with E-state index in [-0.39, 0.29) is 5.91 Å². The second kappa shape index (κ2) is 4.18. The molecule has 5 nitrogen and oxygen atoms in total. The van der Waals surface area contributed by atoms with E-state index in [0.29, 0.717) is 17.8 Å². The van der Waals surface area contributed by atoms with Crippen LogP contribution in [0.5, 0.6) is 0 Å². The highest BCUT2D eigenvalue weighted by molar-refractivity contribution is 6.05. The van der Waals surface area contributed by atoms with Crippen molar-refractivity contribution in [3.05, 3.63) is 29.8 Å². The molecule has 1 aliphatic carbocycles. The van der Waals surface area contributed by atoms with E-state index in [1.165, 1.54) is 0 Å². The summed E-state index contributed by atoms with van der Waals surface area (Å²) in [5.41, 5.74) is 11.1. The Morgan fingerprint density at radius 3 is 2.47 bits per heavy atom. The average Bonchev–Trinajstić information content (AvgIpc) is 3.10. The van der Waals surface area contributed by atoms with Crippen molar-refractivity contribution >= 4 is 17.5 Å². The molecule has 2 amide bonds. The molecule has 1 aliphatic rings. The quantitative estimate of drug-likeness (QED) is 0.704. The minimum atomic E-state index is -0.557. The number of hydrogen-bond donors (Lipinski definition) is 3. The number of amides is 2. The molecule has 1 aromatic carbocycles. The summed E-state index contributed by atoms with van der Waals surface area (Å²) >= 11 is 0. The van der Waals surface area contributed by atoms with Crippen molar-refractivity contribution in [2.75, 3.05) is 11.9 Å². The van der Waals surface area contributed by atoms with Gasteiger partial charge in [0.1, 0.15) is 0 Å². The van der Waals surface area contributed by atoms with E-state index in [9.17, 15) is 9.59 Å². The molecule has 1 fully saturated rings. The summed E-state index contributed by atoms with van der Waals surface area (Å²) in [5.74, 6) is -0.688. The van der Waals surface area contributed by atoms with Gasteiger partial charge in [-0.1, -0.05) is 12.1 Å². The Morgan fingerprint density at radius 1 is 1.29 bits per heavy atom. The fourth-order valence-electron chi connectivity index (χ4n) is 1.74. The van der Waals surface area contributed by atoms with Crippen molar-refractivity contribution in [1.82, 2.24) is 0 Å². The van der Waals surface area contributed by atoms with Crippen molar-refractivity contribution in [2.45, 2.75) is 12.8 Å². The number of nitrogens with one attached hydrogen (secondary N) is 1. The van der Waals surface area contributed by atoms with Crippen LogP contribution in [0.2, 0.25) is 0 Å². The van der Waals surface area contributed by atoms with Crippen molar-refractivity contribution in [3.63, 3.8) is 0 Å². The van der Waals surface area contributed by atoms with Crippen LogP contribution in [0.15, 0.2) is 24.3 Å². The fraction of sp³-hybridized carbons (Fsp3) is 0.333. The number of primary amides is 1. The molecule has 0 aromatic heterocycles. The molecule has 0 radical (unpaired) electrons. The Labute approximate surface area is 99.2 Å². The lowest BCUT2D eigenvalue weighted by Gasteiger charge is -2.14. The van der Waals surface area contributed by atoms with Crippen LogP contribution in [-0.2, 0) is 4.79 Å². The number of benzene rings is 1. The maximum atomic E-state index is 12.0. The molecule has 2 rings (SSSR count). The summed E-state index contributed by atoms with van der Waals surface area (Å²) in [4.78, 5) is 23.1. The lowest BCUT2D eigenvalue weighted by atomic mass is 10.1. The van der Waals surface area contributed by atoms with Crippen LogP contribution >= 0.6 is 0 Å². The molecule has 5 N–H and O–H groups in total. The highest BCUT2D eigenvalue weighted by Gasteiger charge is 2.48. The minimum Gasteiger partial charge on any atom is -0.366 e. The van der Waals surface area contributed by atoms with Gasteiger partial charge in [0.05, 0.1) is 16.7 Å². The first-order valence-corrected chi connectivity index (χ1v) is 5.49. The summed E-state index contributed by atoms with van der Waals surface area (Å²) in [6.07, 6.45) is 1.60. The number of carbonyl (C=O) groups is 2. The summed E-state index contributed by atoms with van der Waals surface area (Å²) in [6.45, 7) is 0.331. The van der Waals surface area contributed by atoms with Crippen molar-refractivity contribution in [3.8, 4) is 0 Å². The van der Waals surface area contributed by atoms with E-state index >= 15 is 0 Å². The van der Waals surface area contributed by atoms with Gasteiger partial charge in [-0.2, -0.15) is 0 Å². The normalized spacial score (nSPS) is 16.3. The van der Waals surface area contributed by atoms with Gasteiger partial charge in [0.2, 0.25) is 5.91 Å². The van der Waals surface area contributed by atoms with Gasteiger partial charge < -0.3 is 16.8 Å². The summed E-state index contributed by atoms with van der Waals surface area (Å²) in [6, 6.07) is 6.68. The van der Waals surface area contributed by atoms with Gasteiger partial charge in [-0.25, -0.2) is 0 Å². The molecule has 17 heavy (non-hydrogen) atoms. The number of para-hydroxylation sites is 1. The minimum absolute atomic E-state index is 0.131. The van der Waals surface area contributed by atoms with Gasteiger partial charge >= 0.3 is 0 Å². The Morgan fingerprint density at radius 2 is 1.94 bits per heavy atom. The van der Waals surface area contributed by atoms with Crippen LogP contribution in [0.4, 0.5) is 5.69 Å². The van der Waals surface area contributed by atoms with E-state index in [4.69, 9.17) is 11.5 Å². The molecule has 0 bridgehead atoms. The molecule has 0 atom stereocenters. The van der Waals surface area contributed by atoms with Gasteiger partial charge in [0, 0.05) is 6.54 Å². The largest absolute Gasteiger partial charge is 0.366 e. The number of anilines is 1. The molecule has 0 saturated heterocycles. The zero-order valence-electron chi connectivity index (χ0n) is 9.40. The molecule has 1 saturated carbocycles. The molecular weight excluding hydrogens is 218 g/mol. The highest BCUT2D eigenvalue weighted by atomic mass is 16.2. The Balaban J connectivity index is 2.19. The number of carbonyl (C=O) groups excluding carboxylic acids is 2. The van der Waals surface area contributed by atoms with Gasteiger partial charge in [-0.05, 0) is 25.0 Å². The predicted molar refractivity (Wildman–Crippen MR) is 64.3 cm³/mol. The molecule has 0 spiro atoms. The SMILES string of the molecule is NCC1(C(=O)Nc2ccccc2C(N)=O)CC1. The lowest BCUT2D eigenvalue weighted by Crippen LogP contribution is -2.31. The van der Waals surface area contributed by atoms with Gasteiger partial charge in [0.25, 0.3) is 5.91 Å². The summed E-state index contributed by atoms with van der Waals surface area (Å²) in [5, 5.41) is 2.73. The van der Waals surface area contributed by atoms with E-state index in [1.54, 1.807) is 24.3 Å². The van der Waals surface area contributed by atoms with Gasteiger partial charge in [-0.3, -0.25) is 9.59 Å². The van der Waals surface area contributed by atoms with Crippen LogP contribution in [0.1, 0.15) is 23.2 Å². The predicted octanol–water partition coefficient (Wildman–Crippen LogP) is 0.463. The maximum absolute atomic E-state index is 12.0. The Hall–Kier alpha value is -1.88. The van der Waals surface area contributed by atoms with E-state index in [1.807, 2.05) is 0 Å². The average molecular weight is 233 g/mol. The molecule has 0 aliphatic heterocycles. The molecule has 5 heteroatoms. The molecule has 0 heterocycles. The van der Waals surface area contributed by atoms with E-state index < -0.39 is 11.3 Å². The van der Waals surface area contributed by atoms with Gasteiger partial charge in [0.15, 0.2) is 0 Å². The third-order valence-corrected chi connectivity index (χ3v) is 3.17. The Kier molecular flexibility index (Phi) is 2.85. The first-order valence-electron chi connectivity index (χ1n) is 5.49. The highest BCUT2D eigenvalue weighted by Crippen LogP contribution is 2.45. The number of hydrogen-bond acceptors (Lipinski definition) is 3. The van der Waals surface area contributed by atoms with Gasteiger partial charge in [-0.15, -0.1) is 0 Å². The molecule has 90 valence electrons. The van der Waals surface area contributed by atoms with E-state index in [2.05, 4.69) is 5.32 Å². The van der Waals surface area contributed by atoms with Crippen molar-refractivity contribution in [2.24, 2.45) is 16.9 Å². The fourth-order valence-corrected chi connectivity index (χ4v) is 1.74. The number of rotatable bonds is 4. The molecule has 1 aromatic rings. The first kappa shape index (κ1) is 11.6. The second-order valence-electron chi connectivity index (χ2n) is 4.35. The standard InChI is InChI=1S/C12H15N3O2/c13-7-12(5-6-12)11(17)15-9-4-2-1-3-8(9)10(14)16/h1-4H,5-7,13H2,(H2,14,16)(H,15,17). The smallest absolute Gasteiger partial charge is 0.250 e. The summed E-state index contributed by atoms with van der Waals surface area (Å²) in [7, 11) is 0. The summed E-state index contributed by atoms with van der Waals surface area (Å²) < 4.78 is 0. The molecular formula is C12H15N3O2. The topological polar surface area (TPSA) is 98.2 Å². The van der Waals surface area contributed by atoms with Crippen molar-refractivity contribution in [1.29, 1.82) is 0 Å². The first-order chi connectivity index (χ1) is 8.09. The third-order valence-electron chi connectivity index (χ3n) is 3.17. The lowest BCUT2D eigenvalue weighted by molar-refractivity contribution is -0.120. The third kappa shape index (κ3) is 2.14. The van der Waals surface area contributed by atoms with Crippen LogP contribution < -0.4 is 16.8 Å². The Bertz CT molecular complexity index is 467. The van der Waals surface area contributed by atoms with Crippen LogP contribution in [0, 0.1) is 5.41 Å². The zero-order chi connectivity index (χ0) is 12.5. The second-order valence-corrected chi connectivity index (χ2v) is 4.35. The van der Waals surface area contributed by atoms with Crippen LogP contribution in [0.25, 0.3) is 0 Å². The van der Waals surface area contributed by atoms with Crippen molar-refractivity contribution < 1.29 is 9.59 Å². The maximum Gasteiger partial charge on any atom is 0.250 e. The zero-order valence-corrected chi connectivity index (χ0v) is 9.40. The molecule has 0 unspecified atom stereocenters.